The van der Waals surface area contributed by atoms with Gasteiger partial charge in [-0.05, 0) is 43.4 Å². The Labute approximate surface area is 150 Å². The lowest BCUT2D eigenvalue weighted by Gasteiger charge is -2.46. The Morgan fingerprint density at radius 2 is 1.88 bits per heavy atom. The maximum atomic E-state index is 12.9. The predicted octanol–water partition coefficient (Wildman–Crippen LogP) is 3.33. The van der Waals surface area contributed by atoms with E-state index in [0.29, 0.717) is 19.7 Å². The zero-order chi connectivity index (χ0) is 19.0. The smallest absolute Gasteiger partial charge is 0.385 e. The molecule has 2 fully saturated rings. The van der Waals surface area contributed by atoms with E-state index < -0.39 is 22.8 Å². The first kappa shape index (κ1) is 19.2. The van der Waals surface area contributed by atoms with Crippen molar-refractivity contribution in [3.8, 4) is 0 Å². The molecular weight excluding hydrogens is 347 g/mol. The molecule has 1 aromatic carbocycles. The Morgan fingerprint density at radius 3 is 2.38 bits per heavy atom. The minimum Gasteiger partial charge on any atom is -0.385 e. The number of carbonyl (C=O) groups excluding carboxylic acids is 1. The van der Waals surface area contributed by atoms with E-state index in [1.165, 1.54) is 12.1 Å². The number of halogens is 3. The summed E-state index contributed by atoms with van der Waals surface area (Å²) in [6.07, 6.45) is -1.40. The molecule has 1 saturated carbocycles. The molecule has 26 heavy (non-hydrogen) atoms. The molecule has 3 rings (SSSR count). The molecule has 0 atom stereocenters. The fraction of sp³-hybridized carbons (Fsp3) is 0.632. The maximum Gasteiger partial charge on any atom is 0.416 e. The average Bonchev–Trinajstić information content (AvgIpc) is 2.58. The van der Waals surface area contributed by atoms with Gasteiger partial charge >= 0.3 is 6.18 Å². The highest BCUT2D eigenvalue weighted by Crippen LogP contribution is 2.44. The Kier molecular flexibility index (Phi) is 5.05. The minimum atomic E-state index is -4.44. The molecule has 0 unspecified atom stereocenters. The monoisotopic (exact) mass is 371 g/mol. The lowest BCUT2D eigenvalue weighted by atomic mass is 9.68. The van der Waals surface area contributed by atoms with Crippen LogP contribution in [-0.4, -0.2) is 42.7 Å². The summed E-state index contributed by atoms with van der Waals surface area (Å²) in [5, 5.41) is 10.9. The summed E-state index contributed by atoms with van der Waals surface area (Å²) in [5.41, 5.74) is -2.31. The van der Waals surface area contributed by atoms with Crippen LogP contribution in [0.1, 0.15) is 43.2 Å². The Morgan fingerprint density at radius 1 is 1.23 bits per heavy atom. The Balaban J connectivity index is 1.70. The van der Waals surface area contributed by atoms with Gasteiger partial charge in [-0.2, -0.15) is 13.2 Å². The van der Waals surface area contributed by atoms with Gasteiger partial charge in [-0.3, -0.25) is 4.79 Å². The van der Waals surface area contributed by atoms with E-state index in [2.05, 4.69) is 0 Å². The number of methoxy groups -OCH3 is 1. The summed E-state index contributed by atoms with van der Waals surface area (Å²) < 4.78 is 44.0. The third-order valence-corrected chi connectivity index (χ3v) is 5.79. The van der Waals surface area contributed by atoms with Crippen LogP contribution >= 0.6 is 0 Å². The van der Waals surface area contributed by atoms with Crippen molar-refractivity contribution < 1.29 is 27.8 Å². The highest BCUT2D eigenvalue weighted by molar-refractivity contribution is 5.84. The largest absolute Gasteiger partial charge is 0.416 e. The first-order valence-electron chi connectivity index (χ1n) is 8.89. The molecule has 1 aliphatic carbocycles. The summed E-state index contributed by atoms with van der Waals surface area (Å²) >= 11 is 0. The molecule has 0 bridgehead atoms. The summed E-state index contributed by atoms with van der Waals surface area (Å²) in [6, 6.07) is 4.84. The number of hydrogen-bond acceptors (Lipinski definition) is 3. The van der Waals surface area contributed by atoms with E-state index in [1.807, 2.05) is 0 Å². The molecule has 2 aliphatic rings. The van der Waals surface area contributed by atoms with Gasteiger partial charge < -0.3 is 14.7 Å². The van der Waals surface area contributed by atoms with Crippen LogP contribution in [0.3, 0.4) is 0 Å². The number of aliphatic hydroxyl groups is 1. The highest BCUT2D eigenvalue weighted by Gasteiger charge is 2.48. The molecule has 1 aromatic rings. The van der Waals surface area contributed by atoms with Gasteiger partial charge in [-0.1, -0.05) is 18.6 Å². The number of alkyl halides is 3. The second-order valence-corrected chi connectivity index (χ2v) is 7.47. The van der Waals surface area contributed by atoms with Crippen LogP contribution in [0.4, 0.5) is 13.2 Å². The molecule has 0 aromatic heterocycles. The van der Waals surface area contributed by atoms with Gasteiger partial charge in [0.2, 0.25) is 5.91 Å². The summed E-state index contributed by atoms with van der Waals surface area (Å²) in [6.45, 7) is 1.05. The van der Waals surface area contributed by atoms with Crippen molar-refractivity contribution in [2.75, 3.05) is 26.8 Å². The van der Waals surface area contributed by atoms with Crippen LogP contribution in [0.25, 0.3) is 0 Å². The Hall–Kier alpha value is -1.60. The number of rotatable bonds is 4. The van der Waals surface area contributed by atoms with Crippen LogP contribution in [0.2, 0.25) is 0 Å². The molecular formula is C19H24F3NO3. The van der Waals surface area contributed by atoms with Crippen LogP contribution in [0.5, 0.6) is 0 Å². The SMILES string of the molecule is COCC1(C(=O)N2CCC(O)(c3cccc(C(F)(F)F)c3)CC2)CCC1. The number of amides is 1. The quantitative estimate of drug-likeness (QED) is 0.883. The number of carbonyl (C=O) groups is 1. The highest BCUT2D eigenvalue weighted by atomic mass is 19.4. The second-order valence-electron chi connectivity index (χ2n) is 7.47. The number of ether oxygens (including phenoxy) is 1. The van der Waals surface area contributed by atoms with Crippen LogP contribution < -0.4 is 0 Å². The standard InChI is InChI=1S/C19H24F3NO3/c1-26-13-17(6-3-7-17)16(24)23-10-8-18(25,9-11-23)14-4-2-5-15(12-14)19(20,21)22/h2,4-5,12,25H,3,6-11,13H2,1H3. The molecule has 1 N–H and O–H groups in total. The van der Waals surface area contributed by atoms with Crippen molar-refractivity contribution >= 4 is 5.91 Å². The van der Waals surface area contributed by atoms with Gasteiger partial charge in [0.25, 0.3) is 0 Å². The first-order chi connectivity index (χ1) is 12.2. The maximum absolute atomic E-state index is 12.9. The number of benzene rings is 1. The fourth-order valence-corrected chi connectivity index (χ4v) is 3.99. The fourth-order valence-electron chi connectivity index (χ4n) is 3.99. The van der Waals surface area contributed by atoms with Gasteiger partial charge in [0.15, 0.2) is 0 Å². The second kappa shape index (κ2) is 6.85. The van der Waals surface area contributed by atoms with E-state index in [9.17, 15) is 23.1 Å². The van der Waals surface area contributed by atoms with Gasteiger partial charge in [0.1, 0.15) is 0 Å². The molecule has 1 aliphatic heterocycles. The third kappa shape index (κ3) is 3.47. The number of nitrogens with zero attached hydrogens (tertiary/aromatic N) is 1. The Bertz CT molecular complexity index is 662. The predicted molar refractivity (Wildman–Crippen MR) is 89.3 cm³/mol. The van der Waals surface area contributed by atoms with E-state index >= 15 is 0 Å². The zero-order valence-corrected chi connectivity index (χ0v) is 14.8. The topological polar surface area (TPSA) is 49.8 Å². The van der Waals surface area contributed by atoms with Crippen molar-refractivity contribution in [3.63, 3.8) is 0 Å². The molecule has 1 saturated heterocycles. The third-order valence-electron chi connectivity index (χ3n) is 5.79. The van der Waals surface area contributed by atoms with Gasteiger partial charge in [0, 0.05) is 20.2 Å². The van der Waals surface area contributed by atoms with Gasteiger partial charge in [-0.15, -0.1) is 0 Å². The summed E-state index contributed by atoms with van der Waals surface area (Å²) in [5.74, 6) is 0.0386. The average molecular weight is 371 g/mol. The van der Waals surface area contributed by atoms with E-state index in [4.69, 9.17) is 4.74 Å². The molecule has 0 spiro atoms. The van der Waals surface area contributed by atoms with Crippen molar-refractivity contribution in [1.29, 1.82) is 0 Å². The number of likely N-dealkylation sites (tertiary alicyclic amines) is 1. The van der Waals surface area contributed by atoms with E-state index in [-0.39, 0.29) is 24.3 Å². The number of piperidine rings is 1. The van der Waals surface area contributed by atoms with Gasteiger partial charge in [0.05, 0.1) is 23.2 Å². The zero-order valence-electron chi connectivity index (χ0n) is 14.8. The molecule has 1 amide bonds. The van der Waals surface area contributed by atoms with E-state index in [1.54, 1.807) is 12.0 Å². The molecule has 144 valence electrons. The summed E-state index contributed by atoms with van der Waals surface area (Å²) in [4.78, 5) is 14.6. The minimum absolute atomic E-state index is 0.0386. The van der Waals surface area contributed by atoms with Gasteiger partial charge in [-0.25, -0.2) is 0 Å². The van der Waals surface area contributed by atoms with Crippen LogP contribution in [0, 0.1) is 5.41 Å². The van der Waals surface area contributed by atoms with Crippen LogP contribution in [-0.2, 0) is 21.3 Å². The molecule has 7 heteroatoms. The van der Waals surface area contributed by atoms with Crippen molar-refractivity contribution in [2.24, 2.45) is 5.41 Å². The van der Waals surface area contributed by atoms with E-state index in [0.717, 1.165) is 31.4 Å². The van der Waals surface area contributed by atoms with Crippen molar-refractivity contribution in [2.45, 2.75) is 43.9 Å². The molecule has 1 heterocycles. The van der Waals surface area contributed by atoms with Crippen molar-refractivity contribution in [1.82, 2.24) is 4.90 Å². The first-order valence-corrected chi connectivity index (χ1v) is 8.89. The lowest BCUT2D eigenvalue weighted by molar-refractivity contribution is -0.156. The van der Waals surface area contributed by atoms with Crippen LogP contribution in [0.15, 0.2) is 24.3 Å². The number of hydrogen-bond donors (Lipinski definition) is 1. The molecule has 0 radical (unpaired) electrons. The normalized spacial score (nSPS) is 22.0. The lowest BCUT2D eigenvalue weighted by Crippen LogP contribution is -2.54. The molecule has 4 nitrogen and oxygen atoms in total. The summed E-state index contributed by atoms with van der Waals surface area (Å²) in [7, 11) is 1.58. The van der Waals surface area contributed by atoms with Crippen molar-refractivity contribution in [3.05, 3.63) is 35.4 Å².